The van der Waals surface area contributed by atoms with Gasteiger partial charge in [0.25, 0.3) is 0 Å². The van der Waals surface area contributed by atoms with Crippen LogP contribution in [0.2, 0.25) is 0 Å². The van der Waals surface area contributed by atoms with E-state index in [4.69, 9.17) is 0 Å². The van der Waals surface area contributed by atoms with Gasteiger partial charge in [0, 0.05) is 19.0 Å². The lowest BCUT2D eigenvalue weighted by Gasteiger charge is -2.32. The molecule has 0 aromatic heterocycles. The van der Waals surface area contributed by atoms with Crippen LogP contribution in [0.15, 0.2) is 0 Å². The van der Waals surface area contributed by atoms with Gasteiger partial charge < -0.3 is 4.90 Å². The third kappa shape index (κ3) is 3.53. The Hall–Kier alpha value is -1.07. The van der Waals surface area contributed by atoms with E-state index in [0.717, 1.165) is 4.90 Å². The van der Waals surface area contributed by atoms with Crippen molar-refractivity contribution >= 4 is 11.7 Å². The molecule has 0 N–H and O–H groups in total. The second-order valence-corrected chi connectivity index (χ2v) is 3.72. The number of Topliss-reactive ketones (excluding diaryl/α,β-unsaturated/α-hetero) is 1. The molecule has 86 valence electrons. The van der Waals surface area contributed by atoms with Gasteiger partial charge in [-0.15, -0.1) is 0 Å². The van der Waals surface area contributed by atoms with Crippen molar-refractivity contribution in [3.05, 3.63) is 0 Å². The molecular weight excluding hydrogens is 211 g/mol. The summed E-state index contributed by atoms with van der Waals surface area (Å²) in [7, 11) is 0. The molecule has 0 spiro atoms. The van der Waals surface area contributed by atoms with Crippen molar-refractivity contribution in [2.24, 2.45) is 0 Å². The zero-order valence-corrected chi connectivity index (χ0v) is 8.30. The normalized spacial score (nSPS) is 20.7. The SMILES string of the molecule is CC(CC(F)(F)F)N1CCC(=O)CC1=O. The second kappa shape index (κ2) is 4.20. The summed E-state index contributed by atoms with van der Waals surface area (Å²) < 4.78 is 36.2. The molecule has 1 aliphatic heterocycles. The highest BCUT2D eigenvalue weighted by atomic mass is 19.4. The standard InChI is InChI=1S/C9H12F3NO2/c1-6(5-9(10,11)12)13-3-2-7(14)4-8(13)15/h6H,2-5H2,1H3. The number of nitrogens with zero attached hydrogens (tertiary/aromatic N) is 1. The summed E-state index contributed by atoms with van der Waals surface area (Å²) in [5.74, 6) is -0.696. The number of alkyl halides is 3. The molecule has 1 atom stereocenters. The minimum Gasteiger partial charge on any atom is -0.339 e. The molecule has 1 unspecified atom stereocenters. The number of piperidine rings is 1. The first kappa shape index (κ1) is 12.0. The Morgan fingerprint density at radius 1 is 1.40 bits per heavy atom. The van der Waals surface area contributed by atoms with E-state index in [2.05, 4.69) is 0 Å². The maximum atomic E-state index is 12.1. The monoisotopic (exact) mass is 223 g/mol. The summed E-state index contributed by atoms with van der Waals surface area (Å²) in [5.41, 5.74) is 0. The first-order chi connectivity index (χ1) is 6.79. The van der Waals surface area contributed by atoms with Gasteiger partial charge in [0.1, 0.15) is 5.78 Å². The van der Waals surface area contributed by atoms with Gasteiger partial charge in [-0.05, 0) is 6.92 Å². The van der Waals surface area contributed by atoms with Crippen LogP contribution in [0.3, 0.4) is 0 Å². The molecule has 6 heteroatoms. The maximum Gasteiger partial charge on any atom is 0.391 e. The van der Waals surface area contributed by atoms with Crippen molar-refractivity contribution < 1.29 is 22.8 Å². The minimum absolute atomic E-state index is 0.106. The molecule has 0 aromatic rings. The summed E-state index contributed by atoms with van der Waals surface area (Å²) in [6.07, 6.45) is -5.40. The van der Waals surface area contributed by atoms with Gasteiger partial charge in [0.05, 0.1) is 12.8 Å². The summed E-state index contributed by atoms with van der Waals surface area (Å²) in [5, 5.41) is 0. The Bertz CT molecular complexity index is 275. The number of carbonyl (C=O) groups is 2. The summed E-state index contributed by atoms with van der Waals surface area (Å²) in [6, 6.07) is -0.884. The molecule has 1 rings (SSSR count). The molecule has 15 heavy (non-hydrogen) atoms. The Balaban J connectivity index is 2.56. The molecule has 0 radical (unpaired) electrons. The molecule has 3 nitrogen and oxygen atoms in total. The lowest BCUT2D eigenvalue weighted by atomic mass is 10.1. The third-order valence-electron chi connectivity index (χ3n) is 2.36. The fraction of sp³-hybridized carbons (Fsp3) is 0.778. The molecule has 1 aliphatic rings. The first-order valence-corrected chi connectivity index (χ1v) is 4.67. The van der Waals surface area contributed by atoms with E-state index in [1.165, 1.54) is 6.92 Å². The van der Waals surface area contributed by atoms with Crippen LogP contribution in [0, 0.1) is 0 Å². The molecular formula is C9H12F3NO2. The quantitative estimate of drug-likeness (QED) is 0.665. The highest BCUT2D eigenvalue weighted by molar-refractivity contribution is 6.00. The van der Waals surface area contributed by atoms with Crippen molar-refractivity contribution in [1.29, 1.82) is 0 Å². The van der Waals surface area contributed by atoms with Crippen molar-refractivity contribution in [2.75, 3.05) is 6.54 Å². The van der Waals surface area contributed by atoms with Crippen LogP contribution in [0.4, 0.5) is 13.2 Å². The highest BCUT2D eigenvalue weighted by Crippen LogP contribution is 2.25. The Morgan fingerprint density at radius 2 is 2.00 bits per heavy atom. The van der Waals surface area contributed by atoms with Crippen LogP contribution >= 0.6 is 0 Å². The largest absolute Gasteiger partial charge is 0.391 e. The van der Waals surface area contributed by atoms with Crippen LogP contribution in [-0.4, -0.2) is 35.4 Å². The Kier molecular flexibility index (Phi) is 3.36. The first-order valence-electron chi connectivity index (χ1n) is 4.67. The maximum absolute atomic E-state index is 12.1. The zero-order chi connectivity index (χ0) is 11.6. The molecule has 0 bridgehead atoms. The Labute approximate surface area is 85.2 Å². The number of ketones is 1. The number of hydrogen-bond acceptors (Lipinski definition) is 2. The van der Waals surface area contributed by atoms with Gasteiger partial charge in [0.15, 0.2) is 0 Å². The van der Waals surface area contributed by atoms with Crippen LogP contribution in [0.25, 0.3) is 0 Å². The van der Waals surface area contributed by atoms with Gasteiger partial charge in [-0.25, -0.2) is 0 Å². The molecule has 1 amide bonds. The number of carbonyl (C=O) groups excluding carboxylic acids is 2. The van der Waals surface area contributed by atoms with E-state index in [-0.39, 0.29) is 25.2 Å². The molecule has 0 aromatic carbocycles. The fourth-order valence-corrected chi connectivity index (χ4v) is 1.64. The fourth-order valence-electron chi connectivity index (χ4n) is 1.64. The number of likely N-dealkylation sites (tertiary alicyclic amines) is 1. The lowest BCUT2D eigenvalue weighted by molar-refractivity contribution is -0.156. The molecule has 1 fully saturated rings. The van der Waals surface area contributed by atoms with Crippen molar-refractivity contribution in [3.8, 4) is 0 Å². The number of hydrogen-bond donors (Lipinski definition) is 0. The second-order valence-electron chi connectivity index (χ2n) is 3.72. The van der Waals surface area contributed by atoms with Gasteiger partial charge in [-0.2, -0.15) is 13.2 Å². The summed E-state index contributed by atoms with van der Waals surface area (Å²) in [4.78, 5) is 23.3. The third-order valence-corrected chi connectivity index (χ3v) is 2.36. The van der Waals surface area contributed by atoms with Crippen molar-refractivity contribution in [1.82, 2.24) is 4.90 Å². The van der Waals surface area contributed by atoms with E-state index in [1.807, 2.05) is 0 Å². The topological polar surface area (TPSA) is 37.4 Å². The van der Waals surface area contributed by atoms with Crippen molar-refractivity contribution in [3.63, 3.8) is 0 Å². The molecule has 0 saturated carbocycles. The highest BCUT2D eigenvalue weighted by Gasteiger charge is 2.35. The molecule has 1 saturated heterocycles. The van der Waals surface area contributed by atoms with Crippen LogP contribution in [0.1, 0.15) is 26.2 Å². The van der Waals surface area contributed by atoms with Crippen LogP contribution in [-0.2, 0) is 9.59 Å². The average molecular weight is 223 g/mol. The number of amides is 1. The van der Waals surface area contributed by atoms with Gasteiger partial charge >= 0.3 is 6.18 Å². The minimum atomic E-state index is -4.28. The zero-order valence-electron chi connectivity index (χ0n) is 8.30. The predicted octanol–water partition coefficient (Wildman–Crippen LogP) is 1.52. The van der Waals surface area contributed by atoms with Crippen LogP contribution in [0.5, 0.6) is 0 Å². The number of halogens is 3. The van der Waals surface area contributed by atoms with E-state index < -0.39 is 24.5 Å². The van der Waals surface area contributed by atoms with Crippen LogP contribution < -0.4 is 0 Å². The van der Waals surface area contributed by atoms with E-state index >= 15 is 0 Å². The smallest absolute Gasteiger partial charge is 0.339 e. The molecule has 1 heterocycles. The summed E-state index contributed by atoms with van der Waals surface area (Å²) in [6.45, 7) is 1.45. The van der Waals surface area contributed by atoms with Gasteiger partial charge in [-0.3, -0.25) is 9.59 Å². The lowest BCUT2D eigenvalue weighted by Crippen LogP contribution is -2.45. The van der Waals surface area contributed by atoms with E-state index in [0.29, 0.717) is 0 Å². The summed E-state index contributed by atoms with van der Waals surface area (Å²) >= 11 is 0. The van der Waals surface area contributed by atoms with E-state index in [9.17, 15) is 22.8 Å². The van der Waals surface area contributed by atoms with Gasteiger partial charge in [-0.1, -0.05) is 0 Å². The Morgan fingerprint density at radius 3 is 2.47 bits per heavy atom. The van der Waals surface area contributed by atoms with Crippen molar-refractivity contribution in [2.45, 2.75) is 38.4 Å². The average Bonchev–Trinajstić information content (AvgIpc) is 1.99. The van der Waals surface area contributed by atoms with Gasteiger partial charge in [0.2, 0.25) is 5.91 Å². The molecule has 0 aliphatic carbocycles. The van der Waals surface area contributed by atoms with E-state index in [1.54, 1.807) is 0 Å². The number of rotatable bonds is 2. The predicted molar refractivity (Wildman–Crippen MR) is 46.1 cm³/mol.